The molecule has 1 fully saturated rings. The SMILES string of the molecule is COC(=O)C(=C1CC1)S(=O)c1ccccc1. The first kappa shape index (κ1) is 11.1. The van der Waals surface area contributed by atoms with E-state index in [1.165, 1.54) is 7.11 Å². The number of carbonyl (C=O) groups excluding carboxylic acids is 1. The van der Waals surface area contributed by atoms with Crippen LogP contribution in [0.3, 0.4) is 0 Å². The van der Waals surface area contributed by atoms with Gasteiger partial charge in [-0.05, 0) is 30.5 Å². The van der Waals surface area contributed by atoms with E-state index in [2.05, 4.69) is 4.74 Å². The van der Waals surface area contributed by atoms with E-state index >= 15 is 0 Å². The van der Waals surface area contributed by atoms with Crippen LogP contribution in [0.25, 0.3) is 0 Å². The first-order chi connectivity index (χ1) is 7.74. The highest BCUT2D eigenvalue weighted by molar-refractivity contribution is 7.90. The van der Waals surface area contributed by atoms with E-state index in [9.17, 15) is 9.00 Å². The number of methoxy groups -OCH3 is 1. The van der Waals surface area contributed by atoms with Crippen LogP contribution < -0.4 is 0 Å². The molecular weight excluding hydrogens is 224 g/mol. The molecule has 84 valence electrons. The highest BCUT2D eigenvalue weighted by Gasteiger charge is 2.28. The topological polar surface area (TPSA) is 43.4 Å². The number of ether oxygens (including phenoxy) is 1. The normalized spacial score (nSPS) is 15.4. The van der Waals surface area contributed by atoms with Gasteiger partial charge in [0, 0.05) is 4.90 Å². The van der Waals surface area contributed by atoms with Gasteiger partial charge in [0.25, 0.3) is 0 Å². The molecule has 0 amide bonds. The molecule has 1 aromatic rings. The van der Waals surface area contributed by atoms with E-state index in [0.717, 1.165) is 18.4 Å². The summed E-state index contributed by atoms with van der Waals surface area (Å²) in [5.41, 5.74) is 0.953. The van der Waals surface area contributed by atoms with Crippen molar-refractivity contribution in [3.8, 4) is 0 Å². The number of esters is 1. The first-order valence-electron chi connectivity index (χ1n) is 5.01. The number of allylic oxidation sites excluding steroid dienone is 1. The molecule has 1 saturated carbocycles. The van der Waals surface area contributed by atoms with Crippen molar-refractivity contribution in [3.05, 3.63) is 40.8 Å². The van der Waals surface area contributed by atoms with Crippen molar-refractivity contribution in [1.29, 1.82) is 0 Å². The fourth-order valence-corrected chi connectivity index (χ4v) is 2.74. The smallest absolute Gasteiger partial charge is 0.347 e. The lowest BCUT2D eigenvalue weighted by Gasteiger charge is -2.04. The summed E-state index contributed by atoms with van der Waals surface area (Å²) < 4.78 is 16.8. The second-order valence-corrected chi connectivity index (χ2v) is 4.92. The second-order valence-electron chi connectivity index (χ2n) is 3.51. The predicted molar refractivity (Wildman–Crippen MR) is 61.1 cm³/mol. The van der Waals surface area contributed by atoms with Crippen LogP contribution in [0.15, 0.2) is 45.7 Å². The van der Waals surface area contributed by atoms with Crippen LogP contribution in [0, 0.1) is 0 Å². The number of benzene rings is 1. The van der Waals surface area contributed by atoms with Gasteiger partial charge < -0.3 is 4.74 Å². The predicted octanol–water partition coefficient (Wildman–Crippen LogP) is 2.02. The van der Waals surface area contributed by atoms with Crippen LogP contribution in [0.5, 0.6) is 0 Å². The number of carbonyl (C=O) groups is 1. The molecular formula is C12H12O3S. The molecule has 2 rings (SSSR count). The van der Waals surface area contributed by atoms with E-state index < -0.39 is 16.8 Å². The van der Waals surface area contributed by atoms with Crippen molar-refractivity contribution in [2.45, 2.75) is 17.7 Å². The summed E-state index contributed by atoms with van der Waals surface area (Å²) in [5.74, 6) is -0.477. The van der Waals surface area contributed by atoms with Gasteiger partial charge in [-0.2, -0.15) is 0 Å². The zero-order chi connectivity index (χ0) is 11.5. The molecule has 0 aliphatic heterocycles. The Kier molecular flexibility index (Phi) is 3.19. The lowest BCUT2D eigenvalue weighted by Crippen LogP contribution is -2.10. The molecule has 0 spiro atoms. The average molecular weight is 236 g/mol. The molecule has 16 heavy (non-hydrogen) atoms. The molecule has 0 aromatic heterocycles. The van der Waals surface area contributed by atoms with Gasteiger partial charge in [0.05, 0.1) is 17.9 Å². The second kappa shape index (κ2) is 4.61. The largest absolute Gasteiger partial charge is 0.465 e. The van der Waals surface area contributed by atoms with E-state index in [1.54, 1.807) is 24.3 Å². The third kappa shape index (κ3) is 2.22. The number of hydrogen-bond donors (Lipinski definition) is 0. The minimum absolute atomic E-state index is 0.328. The summed E-state index contributed by atoms with van der Waals surface area (Å²) in [6, 6.07) is 8.96. The summed E-state index contributed by atoms with van der Waals surface area (Å²) in [5, 5.41) is 0. The van der Waals surface area contributed by atoms with Crippen molar-refractivity contribution in [2.24, 2.45) is 0 Å². The van der Waals surface area contributed by atoms with Gasteiger partial charge in [0.2, 0.25) is 0 Å². The van der Waals surface area contributed by atoms with Crippen molar-refractivity contribution in [1.82, 2.24) is 0 Å². The zero-order valence-electron chi connectivity index (χ0n) is 8.93. The first-order valence-corrected chi connectivity index (χ1v) is 6.16. The molecule has 0 N–H and O–H groups in total. The maximum absolute atomic E-state index is 12.2. The van der Waals surface area contributed by atoms with Crippen molar-refractivity contribution < 1.29 is 13.7 Å². The molecule has 1 aromatic carbocycles. The van der Waals surface area contributed by atoms with Crippen molar-refractivity contribution >= 4 is 16.8 Å². The Labute approximate surface area is 96.6 Å². The molecule has 1 unspecified atom stereocenters. The standard InChI is InChI=1S/C12H12O3S/c1-15-12(13)11(9-7-8-9)16(14)10-5-3-2-4-6-10/h2-6H,7-8H2,1H3. The van der Waals surface area contributed by atoms with E-state index in [4.69, 9.17) is 0 Å². The fraction of sp³-hybridized carbons (Fsp3) is 0.250. The molecule has 0 radical (unpaired) electrons. The van der Waals surface area contributed by atoms with Crippen LogP contribution in [0.1, 0.15) is 12.8 Å². The van der Waals surface area contributed by atoms with Gasteiger partial charge in [-0.25, -0.2) is 9.00 Å². The Morgan fingerprint density at radius 3 is 2.38 bits per heavy atom. The molecule has 1 atom stereocenters. The summed E-state index contributed by atoms with van der Waals surface area (Å²) in [7, 11) is -0.101. The molecule has 0 saturated heterocycles. The Bertz CT molecular complexity index is 456. The quantitative estimate of drug-likeness (QED) is 0.595. The van der Waals surface area contributed by atoms with Gasteiger partial charge in [0.15, 0.2) is 0 Å². The monoisotopic (exact) mass is 236 g/mol. The van der Waals surface area contributed by atoms with Crippen LogP contribution in [0.4, 0.5) is 0 Å². The third-order valence-electron chi connectivity index (χ3n) is 2.33. The lowest BCUT2D eigenvalue weighted by molar-refractivity contribution is -0.135. The average Bonchev–Trinajstić information content (AvgIpc) is 3.14. The third-order valence-corrected chi connectivity index (χ3v) is 3.86. The Hall–Kier alpha value is -1.42. The highest BCUT2D eigenvalue weighted by Crippen LogP contribution is 2.35. The summed E-state index contributed by atoms with van der Waals surface area (Å²) in [4.78, 5) is 12.5. The van der Waals surface area contributed by atoms with Crippen LogP contribution >= 0.6 is 0 Å². The molecule has 1 aliphatic carbocycles. The number of rotatable bonds is 3. The van der Waals surface area contributed by atoms with E-state index in [1.807, 2.05) is 6.07 Å². The zero-order valence-corrected chi connectivity index (χ0v) is 9.75. The fourth-order valence-electron chi connectivity index (χ4n) is 1.40. The molecule has 1 aliphatic rings. The minimum Gasteiger partial charge on any atom is -0.465 e. The van der Waals surface area contributed by atoms with Crippen molar-refractivity contribution in [3.63, 3.8) is 0 Å². The van der Waals surface area contributed by atoms with Gasteiger partial charge in [-0.15, -0.1) is 0 Å². The maximum atomic E-state index is 12.2. The molecule has 0 bridgehead atoms. The van der Waals surface area contributed by atoms with Crippen LogP contribution in [-0.4, -0.2) is 17.3 Å². The summed E-state index contributed by atoms with van der Waals surface area (Å²) in [6.07, 6.45) is 1.70. The van der Waals surface area contributed by atoms with Gasteiger partial charge in [-0.3, -0.25) is 0 Å². The minimum atomic E-state index is -1.41. The maximum Gasteiger partial charge on any atom is 0.347 e. The number of hydrogen-bond acceptors (Lipinski definition) is 3. The molecule has 0 heterocycles. The van der Waals surface area contributed by atoms with Crippen molar-refractivity contribution in [2.75, 3.05) is 7.11 Å². The van der Waals surface area contributed by atoms with Gasteiger partial charge in [0.1, 0.15) is 4.91 Å². The summed E-state index contributed by atoms with van der Waals surface area (Å²) >= 11 is 0. The Balaban J connectivity index is 2.34. The van der Waals surface area contributed by atoms with E-state index in [0.29, 0.717) is 9.80 Å². The Morgan fingerprint density at radius 2 is 1.88 bits per heavy atom. The van der Waals surface area contributed by atoms with Gasteiger partial charge in [-0.1, -0.05) is 18.2 Å². The molecule has 3 nitrogen and oxygen atoms in total. The van der Waals surface area contributed by atoms with Crippen LogP contribution in [0.2, 0.25) is 0 Å². The van der Waals surface area contributed by atoms with Crippen LogP contribution in [-0.2, 0) is 20.3 Å². The lowest BCUT2D eigenvalue weighted by atomic mass is 10.4. The van der Waals surface area contributed by atoms with E-state index in [-0.39, 0.29) is 0 Å². The molecule has 4 heteroatoms. The Morgan fingerprint density at radius 1 is 1.25 bits per heavy atom. The summed E-state index contributed by atoms with van der Waals surface area (Å²) in [6.45, 7) is 0. The highest BCUT2D eigenvalue weighted by atomic mass is 32.2. The van der Waals surface area contributed by atoms with Gasteiger partial charge >= 0.3 is 5.97 Å².